The van der Waals surface area contributed by atoms with Gasteiger partial charge in [0.1, 0.15) is 0 Å². The van der Waals surface area contributed by atoms with Crippen molar-refractivity contribution in [3.05, 3.63) is 17.5 Å². The summed E-state index contributed by atoms with van der Waals surface area (Å²) in [6, 6.07) is 0.374. The molecule has 0 saturated heterocycles. The van der Waals surface area contributed by atoms with Crippen molar-refractivity contribution in [3.63, 3.8) is 0 Å². The molecule has 1 N–H and O–H groups in total. The molecule has 0 aliphatic rings. The Morgan fingerprint density at radius 1 is 1.37 bits per heavy atom. The predicted molar refractivity (Wildman–Crippen MR) is 82.3 cm³/mol. The number of hydrogen-bond acceptors (Lipinski definition) is 2. The largest absolute Gasteiger partial charge is 0.310 e. The van der Waals surface area contributed by atoms with Gasteiger partial charge in [0.2, 0.25) is 0 Å². The average Bonchev–Trinajstić information content (AvgIpc) is 2.66. The first kappa shape index (κ1) is 16.2. The minimum absolute atomic E-state index is 0.374. The van der Waals surface area contributed by atoms with E-state index in [0.717, 1.165) is 12.2 Å². The van der Waals surface area contributed by atoms with Gasteiger partial charge in [-0.1, -0.05) is 40.0 Å². The van der Waals surface area contributed by atoms with Gasteiger partial charge in [0.15, 0.2) is 0 Å². The molecule has 3 heteroatoms. The summed E-state index contributed by atoms with van der Waals surface area (Å²) in [6.07, 6.45) is 7.41. The summed E-state index contributed by atoms with van der Waals surface area (Å²) in [7, 11) is 1.98. The van der Waals surface area contributed by atoms with Crippen molar-refractivity contribution in [1.29, 1.82) is 0 Å². The molecule has 3 nitrogen and oxygen atoms in total. The van der Waals surface area contributed by atoms with Gasteiger partial charge in [-0.3, -0.25) is 4.68 Å². The first-order chi connectivity index (χ1) is 8.85. The average molecular weight is 265 g/mol. The van der Waals surface area contributed by atoms with Crippen LogP contribution < -0.4 is 5.32 Å². The maximum absolute atomic E-state index is 4.41. The normalized spacial score (nSPS) is 13.8. The molecule has 0 saturated carbocycles. The summed E-state index contributed by atoms with van der Waals surface area (Å²) in [5.74, 6) is 0. The second-order valence-electron chi connectivity index (χ2n) is 6.57. The minimum Gasteiger partial charge on any atom is -0.310 e. The fourth-order valence-electron chi connectivity index (χ4n) is 2.52. The van der Waals surface area contributed by atoms with E-state index in [1.54, 1.807) is 0 Å². The standard InChI is InChI=1S/C16H31N3/c1-7-8-9-10-16(4,5)12-17-13(2)15-11-19(6)18-14(15)3/h11,13,17H,7-10,12H2,1-6H3. The smallest absolute Gasteiger partial charge is 0.0641 e. The molecule has 1 atom stereocenters. The quantitative estimate of drug-likeness (QED) is 0.720. The Morgan fingerprint density at radius 2 is 2.05 bits per heavy atom. The monoisotopic (exact) mass is 265 g/mol. The van der Waals surface area contributed by atoms with E-state index in [1.807, 2.05) is 11.7 Å². The summed E-state index contributed by atoms with van der Waals surface area (Å²) in [5.41, 5.74) is 2.82. The van der Waals surface area contributed by atoms with Crippen molar-refractivity contribution in [2.45, 2.75) is 66.3 Å². The molecule has 0 aliphatic heterocycles. The highest BCUT2D eigenvalue weighted by Crippen LogP contribution is 2.24. The summed E-state index contributed by atoms with van der Waals surface area (Å²) < 4.78 is 1.90. The van der Waals surface area contributed by atoms with Crippen LogP contribution in [0.2, 0.25) is 0 Å². The fraction of sp³-hybridized carbons (Fsp3) is 0.812. The molecule has 110 valence electrons. The lowest BCUT2D eigenvalue weighted by Gasteiger charge is -2.27. The summed E-state index contributed by atoms with van der Waals surface area (Å²) in [5, 5.41) is 8.08. The number of rotatable bonds is 8. The number of aromatic nitrogens is 2. The van der Waals surface area contributed by atoms with Gasteiger partial charge in [0.05, 0.1) is 5.69 Å². The van der Waals surface area contributed by atoms with Crippen LogP contribution in [0.4, 0.5) is 0 Å². The maximum Gasteiger partial charge on any atom is 0.0641 e. The van der Waals surface area contributed by atoms with Crippen molar-refractivity contribution in [3.8, 4) is 0 Å². The van der Waals surface area contributed by atoms with Crippen LogP contribution in [0.3, 0.4) is 0 Å². The third kappa shape index (κ3) is 5.35. The van der Waals surface area contributed by atoms with E-state index >= 15 is 0 Å². The van der Waals surface area contributed by atoms with Crippen molar-refractivity contribution in [1.82, 2.24) is 15.1 Å². The molecule has 1 aromatic rings. The molecule has 0 aliphatic carbocycles. The molecule has 0 fully saturated rings. The highest BCUT2D eigenvalue weighted by atomic mass is 15.3. The number of hydrogen-bond donors (Lipinski definition) is 1. The van der Waals surface area contributed by atoms with Gasteiger partial charge in [-0.2, -0.15) is 5.10 Å². The van der Waals surface area contributed by atoms with Crippen molar-refractivity contribution in [2.75, 3.05) is 6.54 Å². The van der Waals surface area contributed by atoms with Crippen LogP contribution in [0.15, 0.2) is 6.20 Å². The van der Waals surface area contributed by atoms with E-state index in [1.165, 1.54) is 31.2 Å². The number of nitrogens with one attached hydrogen (secondary N) is 1. The number of unbranched alkanes of at least 4 members (excludes halogenated alkanes) is 2. The summed E-state index contributed by atoms with van der Waals surface area (Å²) in [6.45, 7) is 12.4. The van der Waals surface area contributed by atoms with Gasteiger partial charge in [-0.25, -0.2) is 0 Å². The van der Waals surface area contributed by atoms with Crippen molar-refractivity contribution >= 4 is 0 Å². The topological polar surface area (TPSA) is 29.9 Å². The Kier molecular flexibility index (Phi) is 6.05. The third-order valence-electron chi connectivity index (χ3n) is 3.86. The highest BCUT2D eigenvalue weighted by Gasteiger charge is 2.19. The Morgan fingerprint density at radius 3 is 2.58 bits per heavy atom. The molecule has 0 bridgehead atoms. The summed E-state index contributed by atoms with van der Waals surface area (Å²) >= 11 is 0. The van der Waals surface area contributed by atoms with Crippen LogP contribution >= 0.6 is 0 Å². The van der Waals surface area contributed by atoms with E-state index in [9.17, 15) is 0 Å². The molecular weight excluding hydrogens is 234 g/mol. The Labute approximate surface area is 118 Å². The van der Waals surface area contributed by atoms with Gasteiger partial charge in [-0.05, 0) is 25.7 Å². The molecule has 0 radical (unpaired) electrons. The predicted octanol–water partition coefficient (Wildman–Crippen LogP) is 3.99. The minimum atomic E-state index is 0.374. The van der Waals surface area contributed by atoms with Crippen LogP contribution in [0, 0.1) is 12.3 Å². The lowest BCUT2D eigenvalue weighted by molar-refractivity contribution is 0.290. The van der Waals surface area contributed by atoms with Crippen LogP contribution in [0.5, 0.6) is 0 Å². The number of nitrogens with zero attached hydrogens (tertiary/aromatic N) is 2. The molecule has 0 spiro atoms. The zero-order valence-corrected chi connectivity index (χ0v) is 13.6. The molecule has 1 aromatic heterocycles. The van der Waals surface area contributed by atoms with E-state index < -0.39 is 0 Å². The lowest BCUT2D eigenvalue weighted by Crippen LogP contribution is -2.31. The second-order valence-corrected chi connectivity index (χ2v) is 6.57. The molecule has 0 aromatic carbocycles. The Hall–Kier alpha value is -0.830. The van der Waals surface area contributed by atoms with Crippen LogP contribution in [-0.4, -0.2) is 16.3 Å². The molecule has 1 rings (SSSR count). The first-order valence-corrected chi connectivity index (χ1v) is 7.59. The lowest BCUT2D eigenvalue weighted by atomic mass is 9.86. The van der Waals surface area contributed by atoms with E-state index in [-0.39, 0.29) is 0 Å². The zero-order valence-electron chi connectivity index (χ0n) is 13.6. The van der Waals surface area contributed by atoms with Gasteiger partial charge >= 0.3 is 0 Å². The molecule has 1 unspecified atom stereocenters. The zero-order chi connectivity index (χ0) is 14.5. The fourth-order valence-corrected chi connectivity index (χ4v) is 2.52. The van der Waals surface area contributed by atoms with E-state index in [4.69, 9.17) is 0 Å². The second kappa shape index (κ2) is 7.09. The third-order valence-corrected chi connectivity index (χ3v) is 3.86. The van der Waals surface area contributed by atoms with Gasteiger partial charge in [-0.15, -0.1) is 0 Å². The van der Waals surface area contributed by atoms with E-state index in [2.05, 4.69) is 51.2 Å². The Bertz CT molecular complexity index is 379. The van der Waals surface area contributed by atoms with Gasteiger partial charge in [0.25, 0.3) is 0 Å². The number of aryl methyl sites for hydroxylation is 2. The van der Waals surface area contributed by atoms with Crippen molar-refractivity contribution in [2.24, 2.45) is 12.5 Å². The SMILES string of the molecule is CCCCCC(C)(C)CNC(C)c1cn(C)nc1C. The van der Waals surface area contributed by atoms with Gasteiger partial charge in [0, 0.05) is 31.4 Å². The van der Waals surface area contributed by atoms with Gasteiger partial charge < -0.3 is 5.32 Å². The molecular formula is C16H31N3. The molecule has 0 amide bonds. The molecule has 19 heavy (non-hydrogen) atoms. The van der Waals surface area contributed by atoms with E-state index in [0.29, 0.717) is 11.5 Å². The maximum atomic E-state index is 4.41. The first-order valence-electron chi connectivity index (χ1n) is 7.59. The Balaban J connectivity index is 2.44. The highest BCUT2D eigenvalue weighted by molar-refractivity contribution is 5.19. The van der Waals surface area contributed by atoms with Crippen LogP contribution in [0.1, 0.15) is 70.7 Å². The summed E-state index contributed by atoms with van der Waals surface area (Å²) in [4.78, 5) is 0. The van der Waals surface area contributed by atoms with Crippen LogP contribution in [-0.2, 0) is 7.05 Å². The van der Waals surface area contributed by atoms with Crippen LogP contribution in [0.25, 0.3) is 0 Å². The molecule has 1 heterocycles. The van der Waals surface area contributed by atoms with Crippen molar-refractivity contribution < 1.29 is 0 Å².